The van der Waals surface area contributed by atoms with Crippen molar-refractivity contribution in [1.29, 1.82) is 0 Å². The van der Waals surface area contributed by atoms with Crippen molar-refractivity contribution in [3.63, 3.8) is 0 Å². The van der Waals surface area contributed by atoms with E-state index in [1.807, 2.05) is 38.2 Å². The van der Waals surface area contributed by atoms with Crippen LogP contribution in [0.25, 0.3) is 0 Å². The van der Waals surface area contributed by atoms with Crippen LogP contribution in [0, 0.1) is 10.5 Å². The van der Waals surface area contributed by atoms with Crippen molar-refractivity contribution < 1.29 is 5.11 Å². The highest BCUT2D eigenvalue weighted by atomic mass is 127. The molecule has 0 aliphatic heterocycles. The first-order chi connectivity index (χ1) is 8.47. The van der Waals surface area contributed by atoms with Crippen molar-refractivity contribution in [2.75, 3.05) is 0 Å². The average molecular weight is 377 g/mol. The Hall–Kier alpha value is -0.590. The minimum Gasteiger partial charge on any atom is -0.388 e. The lowest BCUT2D eigenvalue weighted by Gasteiger charge is -2.13. The zero-order chi connectivity index (χ0) is 13.3. The molecular weight excluding hydrogens is 363 g/mol. The smallest absolute Gasteiger partial charge is 0.0856 e. The Morgan fingerprint density at radius 1 is 1.44 bits per heavy atom. The topological polar surface area (TPSA) is 38.0 Å². The lowest BCUT2D eigenvalue weighted by molar-refractivity contribution is 0.175. The largest absolute Gasteiger partial charge is 0.388 e. The summed E-state index contributed by atoms with van der Waals surface area (Å²) in [6.07, 6.45) is -0.0290. The second-order valence-corrected chi connectivity index (χ2v) is 5.89. The number of halogens is 2. The van der Waals surface area contributed by atoms with Crippen LogP contribution < -0.4 is 0 Å². The van der Waals surface area contributed by atoms with Gasteiger partial charge in [0.1, 0.15) is 0 Å². The van der Waals surface area contributed by atoms with Gasteiger partial charge in [0, 0.05) is 27.8 Å². The Labute approximate surface area is 125 Å². The average Bonchev–Trinajstić information content (AvgIpc) is 2.61. The van der Waals surface area contributed by atoms with Crippen molar-refractivity contribution >= 4 is 34.2 Å². The summed E-state index contributed by atoms with van der Waals surface area (Å²) in [7, 11) is 1.89. The minimum absolute atomic E-state index is 0.535. The van der Waals surface area contributed by atoms with E-state index < -0.39 is 6.10 Å². The van der Waals surface area contributed by atoms with Crippen LogP contribution in [0.4, 0.5) is 0 Å². The van der Waals surface area contributed by atoms with Crippen LogP contribution >= 0.6 is 34.2 Å². The summed E-state index contributed by atoms with van der Waals surface area (Å²) in [4.78, 5) is 0. The normalized spacial score (nSPS) is 12.7. The zero-order valence-corrected chi connectivity index (χ0v) is 13.1. The lowest BCUT2D eigenvalue weighted by atomic mass is 10.0. The third kappa shape index (κ3) is 3.05. The van der Waals surface area contributed by atoms with E-state index >= 15 is 0 Å². The summed E-state index contributed by atoms with van der Waals surface area (Å²) in [6, 6.07) is 7.54. The highest BCUT2D eigenvalue weighted by Crippen LogP contribution is 2.26. The fourth-order valence-corrected chi connectivity index (χ4v) is 2.81. The fraction of sp³-hybridized carbons (Fsp3) is 0.308. The molecule has 1 atom stereocenters. The SMILES string of the molecule is Cc1cc(CC(O)c2cc(Cl)ccc2I)n(C)n1. The highest BCUT2D eigenvalue weighted by molar-refractivity contribution is 14.1. The second kappa shape index (κ2) is 5.59. The summed E-state index contributed by atoms with van der Waals surface area (Å²) in [6.45, 7) is 1.94. The molecule has 2 aromatic rings. The van der Waals surface area contributed by atoms with Crippen LogP contribution in [0.3, 0.4) is 0 Å². The summed E-state index contributed by atoms with van der Waals surface area (Å²) < 4.78 is 2.82. The third-order valence-electron chi connectivity index (χ3n) is 2.82. The van der Waals surface area contributed by atoms with E-state index in [1.54, 1.807) is 4.68 Å². The van der Waals surface area contributed by atoms with Crippen LogP contribution in [-0.4, -0.2) is 14.9 Å². The van der Waals surface area contributed by atoms with Crippen LogP contribution in [-0.2, 0) is 13.5 Å². The van der Waals surface area contributed by atoms with Gasteiger partial charge in [-0.25, -0.2) is 0 Å². The molecule has 1 aromatic carbocycles. The molecule has 0 aliphatic rings. The van der Waals surface area contributed by atoms with E-state index in [2.05, 4.69) is 27.7 Å². The van der Waals surface area contributed by atoms with Gasteiger partial charge in [-0.05, 0) is 59.3 Å². The first-order valence-electron chi connectivity index (χ1n) is 5.60. The van der Waals surface area contributed by atoms with Gasteiger partial charge in [0.05, 0.1) is 11.8 Å². The monoisotopic (exact) mass is 376 g/mol. The molecular formula is C13H14ClIN2O. The molecule has 0 bridgehead atoms. The second-order valence-electron chi connectivity index (χ2n) is 4.29. The predicted octanol–water partition coefficient (Wildman–Crippen LogP) is 3.26. The van der Waals surface area contributed by atoms with Gasteiger partial charge < -0.3 is 5.11 Å². The van der Waals surface area contributed by atoms with E-state index in [0.29, 0.717) is 11.4 Å². The molecule has 96 valence electrons. The van der Waals surface area contributed by atoms with Gasteiger partial charge >= 0.3 is 0 Å². The van der Waals surface area contributed by atoms with Gasteiger partial charge in [-0.1, -0.05) is 11.6 Å². The molecule has 0 aliphatic carbocycles. The van der Waals surface area contributed by atoms with E-state index in [-0.39, 0.29) is 0 Å². The Morgan fingerprint density at radius 3 is 2.78 bits per heavy atom. The maximum Gasteiger partial charge on any atom is 0.0856 e. The number of hydrogen-bond donors (Lipinski definition) is 1. The van der Waals surface area contributed by atoms with Crippen molar-refractivity contribution in [3.8, 4) is 0 Å². The molecule has 0 fully saturated rings. The summed E-state index contributed by atoms with van der Waals surface area (Å²) in [5.74, 6) is 0. The van der Waals surface area contributed by atoms with E-state index in [0.717, 1.165) is 20.5 Å². The summed E-state index contributed by atoms with van der Waals surface area (Å²) in [5.41, 5.74) is 2.83. The first-order valence-corrected chi connectivity index (χ1v) is 7.05. The molecule has 1 unspecified atom stereocenters. The van der Waals surface area contributed by atoms with Gasteiger partial charge in [-0.15, -0.1) is 0 Å². The lowest BCUT2D eigenvalue weighted by Crippen LogP contribution is -2.07. The van der Waals surface area contributed by atoms with Gasteiger partial charge in [-0.2, -0.15) is 5.10 Å². The van der Waals surface area contributed by atoms with Crippen LogP contribution in [0.2, 0.25) is 5.02 Å². The molecule has 2 rings (SSSR count). The zero-order valence-electron chi connectivity index (χ0n) is 10.2. The van der Waals surface area contributed by atoms with Gasteiger partial charge in [0.2, 0.25) is 0 Å². The van der Waals surface area contributed by atoms with E-state index in [9.17, 15) is 5.11 Å². The maximum absolute atomic E-state index is 10.3. The van der Waals surface area contributed by atoms with E-state index in [1.165, 1.54) is 0 Å². The van der Waals surface area contributed by atoms with Crippen LogP contribution in [0.5, 0.6) is 0 Å². The molecule has 1 N–H and O–H groups in total. The number of rotatable bonds is 3. The van der Waals surface area contributed by atoms with E-state index in [4.69, 9.17) is 11.6 Å². The van der Waals surface area contributed by atoms with Crippen LogP contribution in [0.1, 0.15) is 23.1 Å². The van der Waals surface area contributed by atoms with Crippen LogP contribution in [0.15, 0.2) is 24.3 Å². The highest BCUT2D eigenvalue weighted by Gasteiger charge is 2.15. The molecule has 1 aromatic heterocycles. The number of benzene rings is 1. The number of aryl methyl sites for hydroxylation is 2. The molecule has 1 heterocycles. The summed E-state index contributed by atoms with van der Waals surface area (Å²) >= 11 is 8.18. The van der Waals surface area contributed by atoms with Gasteiger partial charge in [-0.3, -0.25) is 4.68 Å². The first kappa shape index (κ1) is 13.8. The molecule has 18 heavy (non-hydrogen) atoms. The van der Waals surface area contributed by atoms with Gasteiger partial charge in [0.15, 0.2) is 0 Å². The van der Waals surface area contributed by atoms with Crippen molar-refractivity contribution in [2.45, 2.75) is 19.4 Å². The maximum atomic E-state index is 10.3. The Bertz CT molecular complexity index is 568. The Balaban J connectivity index is 2.24. The third-order valence-corrected chi connectivity index (χ3v) is 4.04. The Kier molecular flexibility index (Phi) is 4.29. The quantitative estimate of drug-likeness (QED) is 0.835. The fourth-order valence-electron chi connectivity index (χ4n) is 1.93. The summed E-state index contributed by atoms with van der Waals surface area (Å²) in [5, 5.41) is 15.2. The Morgan fingerprint density at radius 2 is 2.17 bits per heavy atom. The molecule has 3 nitrogen and oxygen atoms in total. The molecule has 5 heteroatoms. The molecule has 0 amide bonds. The molecule has 0 saturated carbocycles. The number of aromatic nitrogens is 2. The minimum atomic E-state index is -0.564. The molecule has 0 saturated heterocycles. The number of aliphatic hydroxyl groups is 1. The van der Waals surface area contributed by atoms with Gasteiger partial charge in [0.25, 0.3) is 0 Å². The number of hydrogen-bond acceptors (Lipinski definition) is 2. The van der Waals surface area contributed by atoms with Crippen molar-refractivity contribution in [1.82, 2.24) is 9.78 Å². The predicted molar refractivity (Wildman–Crippen MR) is 80.8 cm³/mol. The van der Waals surface area contributed by atoms with Crippen molar-refractivity contribution in [3.05, 3.63) is 49.8 Å². The molecule has 0 radical (unpaired) electrons. The van der Waals surface area contributed by atoms with Crippen molar-refractivity contribution in [2.24, 2.45) is 7.05 Å². The standard InChI is InChI=1S/C13H14ClIN2O/c1-8-5-10(17(2)16-8)7-13(18)11-6-9(14)3-4-12(11)15/h3-6,13,18H,7H2,1-2H3. The molecule has 0 spiro atoms. The number of nitrogens with zero attached hydrogens (tertiary/aromatic N) is 2. The number of aliphatic hydroxyl groups excluding tert-OH is 1.